The zero-order valence-corrected chi connectivity index (χ0v) is 22.5. The largest absolute Gasteiger partial charge is 0.383 e. The van der Waals surface area contributed by atoms with E-state index < -0.39 is 5.41 Å². The van der Waals surface area contributed by atoms with Crippen LogP contribution in [-0.2, 0) is 23.1 Å². The molecule has 0 aliphatic heterocycles. The van der Waals surface area contributed by atoms with Crippen LogP contribution in [0.25, 0.3) is 0 Å². The van der Waals surface area contributed by atoms with Crippen molar-refractivity contribution in [3.05, 3.63) is 117 Å². The van der Waals surface area contributed by atoms with Crippen LogP contribution in [0, 0.1) is 29.6 Å². The van der Waals surface area contributed by atoms with E-state index in [0.717, 1.165) is 23.1 Å². The monoisotopic (exact) mass is 533 g/mol. The van der Waals surface area contributed by atoms with Crippen molar-refractivity contribution in [1.29, 1.82) is 5.26 Å². The summed E-state index contributed by atoms with van der Waals surface area (Å²) in [7, 11) is 1.59. The summed E-state index contributed by atoms with van der Waals surface area (Å²) in [4.78, 5) is 29.7. The normalized spacial score (nSPS) is 16.8. The molecule has 2 amide bonds. The lowest BCUT2D eigenvalue weighted by Gasteiger charge is -2.24. The summed E-state index contributed by atoms with van der Waals surface area (Å²) in [6, 6.07) is 18.9. The van der Waals surface area contributed by atoms with Crippen molar-refractivity contribution in [2.24, 2.45) is 0 Å². The fraction of sp³-hybridized carbons (Fsp3) is 0.242. The molecule has 2 N–H and O–H groups in total. The van der Waals surface area contributed by atoms with Crippen LogP contribution in [0.2, 0.25) is 0 Å². The zero-order valence-electron chi connectivity index (χ0n) is 22.5. The molecule has 0 saturated heterocycles. The highest BCUT2D eigenvalue weighted by Gasteiger charge is 2.39. The Hall–Kier alpha value is -4.72. The standard InChI is InChI=1S/C33H29N4O3.2H2/c1-33(21-34)19-28-17-27(28)16-24-8-9-26(18-30(24)33)32(39)37-20-29-15-23(10-11-35-29)7-6-22-4-3-5-25(14-22)31(38)36-12-13-40-2;;/h3-5,8-11,14-15,17-18H,12-13,16,19-20H2,1-2H3,(H,36,38)(H,37,39);2*1H/t33-;;/m0../s1. The molecule has 2 aromatic carbocycles. The predicted molar refractivity (Wildman–Crippen MR) is 155 cm³/mol. The summed E-state index contributed by atoms with van der Waals surface area (Å²) in [5.74, 6) is 5.81. The number of benzene rings is 2. The third-order valence-electron chi connectivity index (χ3n) is 7.13. The van der Waals surface area contributed by atoms with E-state index >= 15 is 0 Å². The van der Waals surface area contributed by atoms with Gasteiger partial charge in [-0.05, 0) is 73.4 Å². The van der Waals surface area contributed by atoms with Crippen molar-refractivity contribution in [3.63, 3.8) is 0 Å². The second kappa shape index (κ2) is 11.6. The van der Waals surface area contributed by atoms with Crippen LogP contribution in [0.3, 0.4) is 0 Å². The van der Waals surface area contributed by atoms with E-state index in [1.54, 1.807) is 37.6 Å². The molecule has 2 aliphatic rings. The Bertz CT molecular complexity index is 1630. The molecule has 7 nitrogen and oxygen atoms in total. The van der Waals surface area contributed by atoms with Gasteiger partial charge in [-0.25, -0.2) is 0 Å². The van der Waals surface area contributed by atoms with Crippen molar-refractivity contribution in [2.45, 2.75) is 31.7 Å². The summed E-state index contributed by atoms with van der Waals surface area (Å²) in [6.45, 7) is 3.07. The van der Waals surface area contributed by atoms with Gasteiger partial charge in [0.25, 0.3) is 11.8 Å². The zero-order chi connectivity index (χ0) is 28.1. The first kappa shape index (κ1) is 26.9. The van der Waals surface area contributed by atoms with E-state index in [2.05, 4.69) is 39.9 Å². The number of hydrogen-bond donors (Lipinski definition) is 2. The quantitative estimate of drug-likeness (QED) is 0.343. The van der Waals surface area contributed by atoms with E-state index in [-0.39, 0.29) is 21.2 Å². The molecule has 0 fully saturated rings. The molecule has 0 bridgehead atoms. The van der Waals surface area contributed by atoms with Gasteiger partial charge in [0.1, 0.15) is 0 Å². The first-order chi connectivity index (χ1) is 19.4. The number of methoxy groups -OCH3 is 1. The Labute approximate surface area is 237 Å². The maximum absolute atomic E-state index is 13.0. The number of aromatic nitrogens is 1. The van der Waals surface area contributed by atoms with Crippen LogP contribution >= 0.6 is 0 Å². The van der Waals surface area contributed by atoms with Crippen LogP contribution in [0.5, 0.6) is 0 Å². The van der Waals surface area contributed by atoms with E-state index in [9.17, 15) is 14.9 Å². The molecular formula is C33H33N4O3. The molecule has 203 valence electrons. The topological polar surface area (TPSA) is 104 Å². The summed E-state index contributed by atoms with van der Waals surface area (Å²) >= 11 is 0. The highest BCUT2D eigenvalue weighted by Crippen LogP contribution is 2.47. The number of rotatable bonds is 7. The first-order valence-electron chi connectivity index (χ1n) is 13.1. The molecule has 0 spiro atoms. The Morgan fingerprint density at radius 3 is 2.60 bits per heavy atom. The smallest absolute Gasteiger partial charge is 0.251 e. The van der Waals surface area contributed by atoms with E-state index in [1.165, 1.54) is 11.1 Å². The van der Waals surface area contributed by atoms with Gasteiger partial charge in [-0.1, -0.05) is 35.1 Å². The van der Waals surface area contributed by atoms with Gasteiger partial charge in [0, 0.05) is 51.4 Å². The molecule has 5 rings (SSSR count). The number of amides is 2. The van der Waals surface area contributed by atoms with Gasteiger partial charge in [-0.3, -0.25) is 14.6 Å². The number of nitriles is 1. The van der Waals surface area contributed by atoms with Crippen molar-refractivity contribution >= 4 is 11.8 Å². The minimum absolute atomic E-state index is 0. The lowest BCUT2D eigenvalue weighted by atomic mass is 9.77. The van der Waals surface area contributed by atoms with Gasteiger partial charge in [0.05, 0.1) is 30.3 Å². The van der Waals surface area contributed by atoms with Gasteiger partial charge in [-0.2, -0.15) is 5.26 Å². The molecule has 3 aromatic rings. The second-order valence-corrected chi connectivity index (χ2v) is 10.2. The van der Waals surface area contributed by atoms with Crippen LogP contribution < -0.4 is 10.6 Å². The molecule has 0 saturated carbocycles. The molecule has 2 aliphatic carbocycles. The van der Waals surface area contributed by atoms with E-state index in [0.29, 0.717) is 42.0 Å². The van der Waals surface area contributed by atoms with Crippen molar-refractivity contribution in [3.8, 4) is 17.9 Å². The highest BCUT2D eigenvalue weighted by atomic mass is 16.5. The minimum Gasteiger partial charge on any atom is -0.383 e. The highest BCUT2D eigenvalue weighted by molar-refractivity contribution is 5.95. The summed E-state index contributed by atoms with van der Waals surface area (Å²) in [5, 5.41) is 15.7. The maximum Gasteiger partial charge on any atom is 0.251 e. The minimum atomic E-state index is -0.655. The van der Waals surface area contributed by atoms with Crippen molar-refractivity contribution in [1.82, 2.24) is 15.6 Å². The average Bonchev–Trinajstić information content (AvgIpc) is 3.72. The predicted octanol–water partition coefficient (Wildman–Crippen LogP) is 4.52. The molecule has 0 unspecified atom stereocenters. The SMILES string of the molecule is COCCNC(=O)c1cccc(C#Cc2ccnc(CNC(=O)c3ccc4c(c3)[C@](C)(C#N)CC3=C([CH]3)C4)c2)c1.[HH].[HH]. The first-order valence-corrected chi connectivity index (χ1v) is 13.1. The number of carbonyl (C=O) groups excluding carboxylic acids is 2. The number of pyridine rings is 1. The number of ether oxygens (including phenoxy) is 1. The van der Waals surface area contributed by atoms with E-state index in [4.69, 9.17) is 4.74 Å². The van der Waals surface area contributed by atoms with Gasteiger partial charge >= 0.3 is 0 Å². The summed E-state index contributed by atoms with van der Waals surface area (Å²) in [6.07, 6.45) is 5.31. The molecule has 1 radical (unpaired) electrons. The Morgan fingerprint density at radius 2 is 1.80 bits per heavy atom. The van der Waals surface area contributed by atoms with Crippen molar-refractivity contribution < 1.29 is 17.2 Å². The maximum atomic E-state index is 13.0. The third-order valence-corrected chi connectivity index (χ3v) is 7.13. The fourth-order valence-corrected chi connectivity index (χ4v) is 4.85. The number of nitrogens with zero attached hydrogens (tertiary/aromatic N) is 2. The molecule has 7 heteroatoms. The third kappa shape index (κ3) is 6.12. The summed E-state index contributed by atoms with van der Waals surface area (Å²) in [5.41, 5.74) is 7.13. The van der Waals surface area contributed by atoms with Gasteiger partial charge in [0.2, 0.25) is 0 Å². The van der Waals surface area contributed by atoms with Crippen LogP contribution in [0.4, 0.5) is 0 Å². The van der Waals surface area contributed by atoms with Gasteiger partial charge < -0.3 is 15.4 Å². The average molecular weight is 534 g/mol. The lowest BCUT2D eigenvalue weighted by Crippen LogP contribution is -2.26. The number of fused-ring (bicyclic) bond motifs is 1. The lowest BCUT2D eigenvalue weighted by molar-refractivity contribution is 0.0933. The van der Waals surface area contributed by atoms with Crippen LogP contribution in [-0.4, -0.2) is 37.1 Å². The molecule has 1 aromatic heterocycles. The summed E-state index contributed by atoms with van der Waals surface area (Å²) < 4.78 is 4.96. The van der Waals surface area contributed by atoms with Crippen LogP contribution in [0.1, 0.15) is 64.9 Å². The molecule has 1 atom stereocenters. The van der Waals surface area contributed by atoms with Crippen molar-refractivity contribution in [2.75, 3.05) is 20.3 Å². The Balaban J connectivity index is 0.00000242. The second-order valence-electron chi connectivity index (χ2n) is 10.2. The Kier molecular flexibility index (Phi) is 7.77. The van der Waals surface area contributed by atoms with Gasteiger partial charge in [0.15, 0.2) is 0 Å². The van der Waals surface area contributed by atoms with E-state index in [1.807, 2.05) is 37.3 Å². The van der Waals surface area contributed by atoms with Gasteiger partial charge in [-0.15, -0.1) is 0 Å². The number of carbonyl (C=O) groups is 2. The number of allylic oxidation sites excluding steroid dienone is 2. The number of hydrogen-bond acceptors (Lipinski definition) is 5. The molecule has 40 heavy (non-hydrogen) atoms. The number of nitrogens with one attached hydrogen (secondary N) is 2. The molecule has 1 heterocycles. The van der Waals surface area contributed by atoms with Crippen LogP contribution in [0.15, 0.2) is 71.9 Å². The molecular weight excluding hydrogens is 500 g/mol. The fourth-order valence-electron chi connectivity index (χ4n) is 4.85. The Morgan fingerprint density at radius 1 is 1.02 bits per heavy atom.